The summed E-state index contributed by atoms with van der Waals surface area (Å²) in [6.07, 6.45) is 12.4. The number of unbranched alkanes of at least 4 members (excludes halogenated alkanes) is 4. The lowest BCUT2D eigenvalue weighted by Gasteiger charge is -2.30. The Hall–Kier alpha value is -0.800. The Morgan fingerprint density at radius 2 is 2.10 bits per heavy atom. The zero-order valence-electron chi connectivity index (χ0n) is 12.9. The van der Waals surface area contributed by atoms with E-state index in [1.807, 2.05) is 6.07 Å². The van der Waals surface area contributed by atoms with Crippen LogP contribution >= 0.6 is 0 Å². The van der Waals surface area contributed by atoms with Gasteiger partial charge in [0.25, 0.3) is 0 Å². The first-order chi connectivity index (χ1) is 9.85. The molecule has 1 aliphatic carbocycles. The second-order valence-electron chi connectivity index (χ2n) is 6.08. The van der Waals surface area contributed by atoms with Crippen LogP contribution in [-0.2, 0) is 6.54 Å². The van der Waals surface area contributed by atoms with E-state index in [0.717, 1.165) is 24.9 Å². The summed E-state index contributed by atoms with van der Waals surface area (Å²) in [5, 5.41) is 0. The van der Waals surface area contributed by atoms with Gasteiger partial charge in [0, 0.05) is 18.6 Å². The quantitative estimate of drug-likeness (QED) is 0.624. The minimum absolute atomic E-state index is 0.522. The molecule has 1 unspecified atom stereocenters. The first-order valence-corrected chi connectivity index (χ1v) is 8.33. The third-order valence-electron chi connectivity index (χ3n) is 4.32. The molecule has 0 aliphatic heterocycles. The molecule has 20 heavy (non-hydrogen) atoms. The Morgan fingerprint density at radius 3 is 2.70 bits per heavy atom. The third-order valence-corrected chi connectivity index (χ3v) is 4.32. The van der Waals surface area contributed by atoms with Gasteiger partial charge in [0.15, 0.2) is 0 Å². The van der Waals surface area contributed by atoms with E-state index in [0.29, 0.717) is 6.04 Å². The van der Waals surface area contributed by atoms with Gasteiger partial charge in [-0.1, -0.05) is 39.0 Å². The van der Waals surface area contributed by atoms with Crippen LogP contribution in [0, 0.1) is 0 Å². The van der Waals surface area contributed by atoms with Gasteiger partial charge < -0.3 is 10.2 Å². The predicted octanol–water partition coefficient (Wildman–Crippen LogP) is 3.93. The normalized spacial score (nSPS) is 16.8. The van der Waals surface area contributed by atoms with Crippen molar-refractivity contribution in [3.8, 4) is 0 Å². The fourth-order valence-corrected chi connectivity index (χ4v) is 2.95. The molecule has 1 heterocycles. The fourth-order valence-electron chi connectivity index (χ4n) is 2.95. The average molecular weight is 278 g/mol. The summed E-state index contributed by atoms with van der Waals surface area (Å²) in [7, 11) is 0. The minimum Gasteiger partial charge on any atom is -0.468 e. The lowest BCUT2D eigenvalue weighted by atomic mass is 10.0. The first kappa shape index (κ1) is 15.6. The molecule has 2 N–H and O–H groups in total. The van der Waals surface area contributed by atoms with Gasteiger partial charge in [0.1, 0.15) is 5.76 Å². The van der Waals surface area contributed by atoms with Crippen molar-refractivity contribution >= 4 is 0 Å². The van der Waals surface area contributed by atoms with Crippen LogP contribution in [-0.4, -0.2) is 23.5 Å². The Kier molecular flexibility index (Phi) is 6.61. The molecule has 1 atom stereocenters. The Labute approximate surface area is 123 Å². The van der Waals surface area contributed by atoms with Crippen LogP contribution in [0.25, 0.3) is 0 Å². The summed E-state index contributed by atoms with van der Waals surface area (Å²) < 4.78 is 5.51. The number of hydrogen-bond acceptors (Lipinski definition) is 3. The Balaban J connectivity index is 1.79. The monoisotopic (exact) mass is 278 g/mol. The topological polar surface area (TPSA) is 42.4 Å². The summed E-state index contributed by atoms with van der Waals surface area (Å²) in [6.45, 7) is 3.96. The lowest BCUT2D eigenvalue weighted by molar-refractivity contribution is 0.156. The second-order valence-corrected chi connectivity index (χ2v) is 6.08. The van der Waals surface area contributed by atoms with E-state index in [2.05, 4.69) is 17.9 Å². The zero-order chi connectivity index (χ0) is 14.2. The molecule has 0 bridgehead atoms. The number of furan rings is 1. The molecule has 1 saturated carbocycles. The maximum Gasteiger partial charge on any atom is 0.117 e. The smallest absolute Gasteiger partial charge is 0.117 e. The van der Waals surface area contributed by atoms with E-state index in [4.69, 9.17) is 10.2 Å². The van der Waals surface area contributed by atoms with Gasteiger partial charge in [-0.05, 0) is 31.4 Å². The molecule has 0 amide bonds. The molecule has 1 aliphatic rings. The van der Waals surface area contributed by atoms with Gasteiger partial charge in [0.2, 0.25) is 0 Å². The van der Waals surface area contributed by atoms with Crippen molar-refractivity contribution in [2.24, 2.45) is 5.73 Å². The zero-order valence-corrected chi connectivity index (χ0v) is 12.9. The van der Waals surface area contributed by atoms with Crippen LogP contribution in [0.1, 0.15) is 64.1 Å². The summed E-state index contributed by atoms with van der Waals surface area (Å²) >= 11 is 0. The molecule has 0 aromatic carbocycles. The molecule has 1 fully saturated rings. The highest BCUT2D eigenvalue weighted by atomic mass is 16.3. The van der Waals surface area contributed by atoms with Gasteiger partial charge in [-0.3, -0.25) is 4.90 Å². The van der Waals surface area contributed by atoms with E-state index in [1.165, 1.54) is 51.4 Å². The highest BCUT2D eigenvalue weighted by Gasteiger charge is 2.33. The van der Waals surface area contributed by atoms with Gasteiger partial charge in [-0.2, -0.15) is 0 Å². The highest BCUT2D eigenvalue weighted by Crippen LogP contribution is 2.31. The largest absolute Gasteiger partial charge is 0.468 e. The highest BCUT2D eigenvalue weighted by molar-refractivity contribution is 5.01. The van der Waals surface area contributed by atoms with Gasteiger partial charge >= 0.3 is 0 Å². The van der Waals surface area contributed by atoms with Crippen molar-refractivity contribution in [1.29, 1.82) is 0 Å². The molecule has 114 valence electrons. The molecule has 0 radical (unpaired) electrons. The third kappa shape index (κ3) is 4.95. The number of nitrogens with two attached hydrogens (primary N) is 1. The molecule has 3 heteroatoms. The molecule has 0 spiro atoms. The van der Waals surface area contributed by atoms with Crippen LogP contribution in [0.3, 0.4) is 0 Å². The Morgan fingerprint density at radius 1 is 1.30 bits per heavy atom. The SMILES string of the molecule is CCCCCCCC(CN)N(Cc1ccco1)C1CC1. The van der Waals surface area contributed by atoms with Crippen molar-refractivity contribution in [3.63, 3.8) is 0 Å². The van der Waals surface area contributed by atoms with E-state index in [9.17, 15) is 0 Å². The van der Waals surface area contributed by atoms with E-state index in [1.54, 1.807) is 6.26 Å². The van der Waals surface area contributed by atoms with Gasteiger partial charge in [-0.25, -0.2) is 0 Å². The molecule has 3 nitrogen and oxygen atoms in total. The van der Waals surface area contributed by atoms with Gasteiger partial charge in [0.05, 0.1) is 12.8 Å². The number of hydrogen-bond donors (Lipinski definition) is 1. The molecule has 1 aromatic heterocycles. The lowest BCUT2D eigenvalue weighted by Crippen LogP contribution is -2.41. The summed E-state index contributed by atoms with van der Waals surface area (Å²) in [4.78, 5) is 2.58. The molecular formula is C17H30N2O. The van der Waals surface area contributed by atoms with Crippen LogP contribution in [0.2, 0.25) is 0 Å². The summed E-state index contributed by atoms with van der Waals surface area (Å²) in [5.41, 5.74) is 6.04. The number of rotatable bonds is 11. The first-order valence-electron chi connectivity index (χ1n) is 8.33. The average Bonchev–Trinajstić information content (AvgIpc) is 3.18. The van der Waals surface area contributed by atoms with Crippen molar-refractivity contribution < 1.29 is 4.42 Å². The van der Waals surface area contributed by atoms with E-state index >= 15 is 0 Å². The van der Waals surface area contributed by atoms with E-state index < -0.39 is 0 Å². The maximum atomic E-state index is 6.04. The van der Waals surface area contributed by atoms with Crippen molar-refractivity contribution in [1.82, 2.24) is 4.90 Å². The molecular weight excluding hydrogens is 248 g/mol. The molecule has 1 aromatic rings. The standard InChI is InChI=1S/C17H30N2O/c1-2-3-4-5-6-8-16(13-18)19(15-10-11-15)14-17-9-7-12-20-17/h7,9,12,15-16H,2-6,8,10-11,13-14,18H2,1H3. The summed E-state index contributed by atoms with van der Waals surface area (Å²) in [6, 6.07) is 5.31. The van der Waals surface area contributed by atoms with Crippen LogP contribution in [0.4, 0.5) is 0 Å². The van der Waals surface area contributed by atoms with Crippen LogP contribution < -0.4 is 5.73 Å². The summed E-state index contributed by atoms with van der Waals surface area (Å²) in [5.74, 6) is 1.07. The number of nitrogens with zero attached hydrogens (tertiary/aromatic N) is 1. The Bertz CT molecular complexity index is 346. The van der Waals surface area contributed by atoms with Crippen LogP contribution in [0.15, 0.2) is 22.8 Å². The van der Waals surface area contributed by atoms with Crippen molar-refractivity contribution in [3.05, 3.63) is 24.2 Å². The second kappa shape index (κ2) is 8.48. The fraction of sp³-hybridized carbons (Fsp3) is 0.765. The molecule has 2 rings (SSSR count). The van der Waals surface area contributed by atoms with E-state index in [-0.39, 0.29) is 0 Å². The van der Waals surface area contributed by atoms with Crippen LogP contribution in [0.5, 0.6) is 0 Å². The maximum absolute atomic E-state index is 6.04. The van der Waals surface area contributed by atoms with Crippen molar-refractivity contribution in [2.75, 3.05) is 6.54 Å². The minimum atomic E-state index is 0.522. The predicted molar refractivity (Wildman–Crippen MR) is 83.5 cm³/mol. The molecule has 0 saturated heterocycles. The van der Waals surface area contributed by atoms with Crippen molar-refractivity contribution in [2.45, 2.75) is 76.9 Å². The van der Waals surface area contributed by atoms with Gasteiger partial charge in [-0.15, -0.1) is 0 Å².